The highest BCUT2D eigenvalue weighted by Gasteiger charge is 2.31. The molecule has 0 aromatic heterocycles. The SMILES string of the molecule is CC(=O)N(CC(=O)O)[C@@H]1CCCN(C(=O)[C@@H]2CCCOC2)CC1. The Kier molecular flexibility index (Phi) is 6.38. The van der Waals surface area contributed by atoms with Crippen LogP contribution in [0.15, 0.2) is 0 Å². The average Bonchev–Trinajstić information content (AvgIpc) is 2.78. The molecule has 130 valence electrons. The predicted octanol–water partition coefficient (Wildman–Crippen LogP) is 0.727. The zero-order valence-corrected chi connectivity index (χ0v) is 13.7. The fourth-order valence-corrected chi connectivity index (χ4v) is 3.45. The zero-order valence-electron chi connectivity index (χ0n) is 13.7. The van der Waals surface area contributed by atoms with E-state index in [4.69, 9.17) is 9.84 Å². The van der Waals surface area contributed by atoms with E-state index in [-0.39, 0.29) is 30.3 Å². The number of amides is 2. The Hall–Kier alpha value is -1.63. The Labute approximate surface area is 136 Å². The lowest BCUT2D eigenvalue weighted by atomic mass is 10.0. The number of likely N-dealkylation sites (tertiary alicyclic amines) is 1. The Morgan fingerprint density at radius 3 is 2.57 bits per heavy atom. The van der Waals surface area contributed by atoms with Gasteiger partial charge in [-0.1, -0.05) is 0 Å². The number of hydrogen-bond donors (Lipinski definition) is 1. The minimum absolute atomic E-state index is 0.0526. The standard InChI is InChI=1S/C16H26N2O5/c1-12(19)18(10-15(20)21)14-5-2-7-17(8-6-14)16(22)13-4-3-9-23-11-13/h13-14H,2-11H2,1H3,(H,20,21)/t13-,14-/m1/s1. The molecule has 0 spiro atoms. The van der Waals surface area contributed by atoms with Crippen LogP contribution in [0.1, 0.15) is 39.0 Å². The molecule has 2 aliphatic rings. The molecule has 2 aliphatic heterocycles. The van der Waals surface area contributed by atoms with Gasteiger partial charge in [0.2, 0.25) is 11.8 Å². The minimum Gasteiger partial charge on any atom is -0.480 e. The summed E-state index contributed by atoms with van der Waals surface area (Å²) >= 11 is 0. The summed E-state index contributed by atoms with van der Waals surface area (Å²) in [6.07, 6.45) is 3.94. The third kappa shape index (κ3) is 4.92. The lowest BCUT2D eigenvalue weighted by molar-refractivity contribution is -0.145. The molecule has 0 aromatic rings. The van der Waals surface area contributed by atoms with Crippen LogP contribution < -0.4 is 0 Å². The molecule has 0 bridgehead atoms. The van der Waals surface area contributed by atoms with E-state index >= 15 is 0 Å². The fourth-order valence-electron chi connectivity index (χ4n) is 3.45. The Bertz CT molecular complexity index is 448. The van der Waals surface area contributed by atoms with Crippen molar-refractivity contribution in [2.24, 2.45) is 5.92 Å². The molecule has 2 fully saturated rings. The number of ether oxygens (including phenoxy) is 1. The van der Waals surface area contributed by atoms with Gasteiger partial charge in [0.1, 0.15) is 6.54 Å². The van der Waals surface area contributed by atoms with Crippen LogP contribution in [0.25, 0.3) is 0 Å². The molecule has 23 heavy (non-hydrogen) atoms. The molecular weight excluding hydrogens is 300 g/mol. The predicted molar refractivity (Wildman–Crippen MR) is 82.8 cm³/mol. The van der Waals surface area contributed by atoms with Gasteiger partial charge in [-0.3, -0.25) is 14.4 Å². The van der Waals surface area contributed by atoms with Gasteiger partial charge in [-0.15, -0.1) is 0 Å². The van der Waals surface area contributed by atoms with Crippen molar-refractivity contribution in [2.45, 2.75) is 45.1 Å². The normalized spacial score (nSPS) is 25.5. The van der Waals surface area contributed by atoms with E-state index < -0.39 is 5.97 Å². The van der Waals surface area contributed by atoms with Gasteiger partial charge in [-0.2, -0.15) is 0 Å². The van der Waals surface area contributed by atoms with Crippen molar-refractivity contribution >= 4 is 17.8 Å². The summed E-state index contributed by atoms with van der Waals surface area (Å²) in [4.78, 5) is 38.5. The van der Waals surface area contributed by atoms with Gasteiger partial charge in [0.25, 0.3) is 0 Å². The van der Waals surface area contributed by atoms with Crippen LogP contribution in [-0.2, 0) is 19.1 Å². The first-order valence-corrected chi connectivity index (χ1v) is 8.34. The smallest absolute Gasteiger partial charge is 0.323 e. The summed E-state index contributed by atoms with van der Waals surface area (Å²) < 4.78 is 5.39. The van der Waals surface area contributed by atoms with Crippen molar-refractivity contribution < 1.29 is 24.2 Å². The molecule has 2 saturated heterocycles. The summed E-state index contributed by atoms with van der Waals surface area (Å²) in [5, 5.41) is 8.97. The van der Waals surface area contributed by atoms with Gasteiger partial charge in [0.15, 0.2) is 0 Å². The number of carbonyl (C=O) groups excluding carboxylic acids is 2. The Morgan fingerprint density at radius 2 is 1.96 bits per heavy atom. The van der Waals surface area contributed by atoms with Crippen LogP contribution in [0.5, 0.6) is 0 Å². The van der Waals surface area contributed by atoms with Crippen molar-refractivity contribution in [1.29, 1.82) is 0 Å². The Balaban J connectivity index is 1.93. The summed E-state index contributed by atoms with van der Waals surface area (Å²) in [5.41, 5.74) is 0. The van der Waals surface area contributed by atoms with Crippen molar-refractivity contribution in [3.05, 3.63) is 0 Å². The summed E-state index contributed by atoms with van der Waals surface area (Å²) in [7, 11) is 0. The second kappa shape index (κ2) is 8.29. The molecule has 0 radical (unpaired) electrons. The largest absolute Gasteiger partial charge is 0.480 e. The maximum absolute atomic E-state index is 12.6. The van der Waals surface area contributed by atoms with Crippen LogP contribution in [0.2, 0.25) is 0 Å². The molecule has 0 aromatic carbocycles. The van der Waals surface area contributed by atoms with E-state index in [0.29, 0.717) is 26.1 Å². The van der Waals surface area contributed by atoms with Crippen molar-refractivity contribution in [3.8, 4) is 0 Å². The van der Waals surface area contributed by atoms with Crippen molar-refractivity contribution in [1.82, 2.24) is 9.80 Å². The molecule has 2 heterocycles. The molecule has 2 amide bonds. The second-order valence-corrected chi connectivity index (χ2v) is 6.36. The number of carboxylic acid groups (broad SMARTS) is 1. The lowest BCUT2D eigenvalue weighted by Crippen LogP contribution is -2.43. The van der Waals surface area contributed by atoms with Crippen LogP contribution in [-0.4, -0.2) is 71.6 Å². The molecule has 7 heteroatoms. The number of rotatable bonds is 4. The molecule has 0 aliphatic carbocycles. The monoisotopic (exact) mass is 326 g/mol. The topological polar surface area (TPSA) is 87.2 Å². The number of carbonyl (C=O) groups is 3. The summed E-state index contributed by atoms with van der Waals surface area (Å²) in [5.74, 6) is -1.14. The number of carboxylic acids is 1. The van der Waals surface area contributed by atoms with Gasteiger partial charge >= 0.3 is 5.97 Å². The van der Waals surface area contributed by atoms with Gasteiger partial charge in [-0.05, 0) is 32.1 Å². The van der Waals surface area contributed by atoms with Gasteiger partial charge in [0, 0.05) is 32.7 Å². The number of aliphatic carboxylic acids is 1. The first kappa shape index (κ1) is 17.7. The van der Waals surface area contributed by atoms with E-state index in [2.05, 4.69) is 0 Å². The van der Waals surface area contributed by atoms with E-state index in [1.165, 1.54) is 11.8 Å². The molecule has 2 atom stereocenters. The van der Waals surface area contributed by atoms with Crippen LogP contribution in [0.4, 0.5) is 0 Å². The Morgan fingerprint density at radius 1 is 1.17 bits per heavy atom. The second-order valence-electron chi connectivity index (χ2n) is 6.36. The minimum atomic E-state index is -1.00. The first-order valence-electron chi connectivity index (χ1n) is 8.34. The lowest BCUT2D eigenvalue weighted by Gasteiger charge is -2.30. The number of nitrogens with zero attached hydrogens (tertiary/aromatic N) is 2. The van der Waals surface area contributed by atoms with E-state index in [1.54, 1.807) is 0 Å². The first-order chi connectivity index (χ1) is 11.0. The van der Waals surface area contributed by atoms with Crippen LogP contribution in [0.3, 0.4) is 0 Å². The van der Waals surface area contributed by atoms with Gasteiger partial charge in [-0.25, -0.2) is 0 Å². The highest BCUT2D eigenvalue weighted by molar-refractivity contribution is 5.80. The highest BCUT2D eigenvalue weighted by Crippen LogP contribution is 2.21. The van der Waals surface area contributed by atoms with E-state index in [9.17, 15) is 14.4 Å². The zero-order chi connectivity index (χ0) is 16.8. The number of hydrogen-bond acceptors (Lipinski definition) is 4. The maximum atomic E-state index is 12.6. The third-order valence-corrected chi connectivity index (χ3v) is 4.67. The van der Waals surface area contributed by atoms with Crippen LogP contribution >= 0.6 is 0 Å². The van der Waals surface area contributed by atoms with Crippen molar-refractivity contribution in [2.75, 3.05) is 32.8 Å². The third-order valence-electron chi connectivity index (χ3n) is 4.67. The molecule has 2 rings (SSSR count). The molecule has 1 N–H and O–H groups in total. The van der Waals surface area contributed by atoms with E-state index in [0.717, 1.165) is 32.3 Å². The molecule has 0 unspecified atom stereocenters. The van der Waals surface area contributed by atoms with Gasteiger partial charge < -0.3 is 19.6 Å². The quantitative estimate of drug-likeness (QED) is 0.823. The highest BCUT2D eigenvalue weighted by atomic mass is 16.5. The molecule has 0 saturated carbocycles. The van der Waals surface area contributed by atoms with Crippen molar-refractivity contribution in [3.63, 3.8) is 0 Å². The average molecular weight is 326 g/mol. The summed E-state index contributed by atoms with van der Waals surface area (Å²) in [6.45, 7) is 3.60. The molecule has 7 nitrogen and oxygen atoms in total. The fraction of sp³-hybridized carbons (Fsp3) is 0.812. The van der Waals surface area contributed by atoms with Gasteiger partial charge in [0.05, 0.1) is 12.5 Å². The summed E-state index contributed by atoms with van der Waals surface area (Å²) in [6, 6.07) is -0.107. The molecular formula is C16H26N2O5. The van der Waals surface area contributed by atoms with Crippen LogP contribution in [0, 0.1) is 5.92 Å². The maximum Gasteiger partial charge on any atom is 0.323 e. The van der Waals surface area contributed by atoms with E-state index in [1.807, 2.05) is 4.90 Å².